The summed E-state index contributed by atoms with van der Waals surface area (Å²) in [5.74, 6) is 0.318. The highest BCUT2D eigenvalue weighted by Crippen LogP contribution is 2.30. The van der Waals surface area contributed by atoms with Gasteiger partial charge in [-0.3, -0.25) is 4.79 Å². The predicted molar refractivity (Wildman–Crippen MR) is 80.5 cm³/mol. The Kier molecular flexibility index (Phi) is 2.79. The fourth-order valence-electron chi connectivity index (χ4n) is 2.92. The second kappa shape index (κ2) is 4.67. The second-order valence-corrected chi connectivity index (χ2v) is 5.66. The van der Waals surface area contributed by atoms with Crippen molar-refractivity contribution in [1.29, 1.82) is 0 Å². The van der Waals surface area contributed by atoms with Crippen LogP contribution < -0.4 is 0 Å². The highest BCUT2D eigenvalue weighted by Gasteiger charge is 2.26. The molecule has 21 heavy (non-hydrogen) atoms. The summed E-state index contributed by atoms with van der Waals surface area (Å²) < 4.78 is 5.20. The lowest BCUT2D eigenvalue weighted by Crippen LogP contribution is -2.35. The molecular weight excluding hydrogens is 288 g/mol. The summed E-state index contributed by atoms with van der Waals surface area (Å²) in [6.45, 7) is 1.27. The molecule has 1 aliphatic rings. The Bertz CT molecular complexity index is 820. The molecule has 0 bridgehead atoms. The zero-order chi connectivity index (χ0) is 14.4. The summed E-state index contributed by atoms with van der Waals surface area (Å²) in [5, 5.41) is 1.80. The SMILES string of the molecule is O=C(c1ccco1)N1CCc2[nH]c3ccc(Cl)cc3c2C1. The molecule has 3 heterocycles. The number of hydrogen-bond acceptors (Lipinski definition) is 2. The molecule has 0 unspecified atom stereocenters. The molecule has 0 aliphatic carbocycles. The van der Waals surface area contributed by atoms with E-state index in [1.165, 1.54) is 12.0 Å². The van der Waals surface area contributed by atoms with Crippen molar-refractivity contribution in [2.75, 3.05) is 6.54 Å². The number of H-pyrrole nitrogens is 1. The highest BCUT2D eigenvalue weighted by atomic mass is 35.5. The van der Waals surface area contributed by atoms with Crippen LogP contribution in [0.2, 0.25) is 5.02 Å². The molecule has 1 aromatic carbocycles. The number of carbonyl (C=O) groups excluding carboxylic acids is 1. The standard InChI is InChI=1S/C16H13ClN2O2/c17-10-3-4-13-11(8-10)12-9-19(6-5-14(12)18-13)16(20)15-2-1-7-21-15/h1-4,7-8,18H,5-6,9H2. The van der Waals surface area contributed by atoms with Crippen LogP contribution in [0.15, 0.2) is 41.0 Å². The molecule has 0 saturated heterocycles. The highest BCUT2D eigenvalue weighted by molar-refractivity contribution is 6.31. The van der Waals surface area contributed by atoms with E-state index in [-0.39, 0.29) is 5.91 Å². The van der Waals surface area contributed by atoms with Gasteiger partial charge in [-0.1, -0.05) is 11.6 Å². The van der Waals surface area contributed by atoms with Crippen molar-refractivity contribution in [3.05, 3.63) is 58.6 Å². The van der Waals surface area contributed by atoms with E-state index in [4.69, 9.17) is 16.0 Å². The monoisotopic (exact) mass is 300 g/mol. The maximum Gasteiger partial charge on any atom is 0.289 e. The summed E-state index contributed by atoms with van der Waals surface area (Å²) in [6.07, 6.45) is 2.34. The topological polar surface area (TPSA) is 49.2 Å². The van der Waals surface area contributed by atoms with Gasteiger partial charge in [-0.05, 0) is 30.3 Å². The van der Waals surface area contributed by atoms with Crippen LogP contribution >= 0.6 is 11.6 Å². The van der Waals surface area contributed by atoms with Gasteiger partial charge in [0.15, 0.2) is 5.76 Å². The Hall–Kier alpha value is -2.20. The van der Waals surface area contributed by atoms with E-state index in [9.17, 15) is 4.79 Å². The molecule has 0 spiro atoms. The van der Waals surface area contributed by atoms with Crippen LogP contribution in [-0.2, 0) is 13.0 Å². The van der Waals surface area contributed by atoms with Gasteiger partial charge in [0.05, 0.1) is 6.26 Å². The molecule has 3 aromatic rings. The van der Waals surface area contributed by atoms with Gasteiger partial charge >= 0.3 is 0 Å². The van der Waals surface area contributed by atoms with Gasteiger partial charge in [-0.15, -0.1) is 0 Å². The molecule has 0 saturated carbocycles. The summed E-state index contributed by atoms with van der Waals surface area (Å²) in [7, 11) is 0. The molecule has 0 radical (unpaired) electrons. The maximum atomic E-state index is 12.4. The van der Waals surface area contributed by atoms with Crippen molar-refractivity contribution in [2.24, 2.45) is 0 Å². The number of fused-ring (bicyclic) bond motifs is 3. The Morgan fingerprint density at radius 3 is 3.05 bits per heavy atom. The molecule has 0 fully saturated rings. The first-order chi connectivity index (χ1) is 10.2. The summed E-state index contributed by atoms with van der Waals surface area (Å²) in [5.41, 5.74) is 3.41. The predicted octanol–water partition coefficient (Wildman–Crippen LogP) is 3.61. The van der Waals surface area contributed by atoms with E-state index in [0.29, 0.717) is 23.9 Å². The lowest BCUT2D eigenvalue weighted by molar-refractivity contribution is 0.0703. The quantitative estimate of drug-likeness (QED) is 0.746. The van der Waals surface area contributed by atoms with Crippen LogP contribution in [0.1, 0.15) is 21.8 Å². The van der Waals surface area contributed by atoms with Crippen molar-refractivity contribution in [2.45, 2.75) is 13.0 Å². The molecule has 0 atom stereocenters. The van der Waals surface area contributed by atoms with E-state index in [1.807, 2.05) is 23.1 Å². The minimum atomic E-state index is -0.0676. The largest absolute Gasteiger partial charge is 0.459 e. The lowest BCUT2D eigenvalue weighted by atomic mass is 10.0. The van der Waals surface area contributed by atoms with Crippen LogP contribution in [0.4, 0.5) is 0 Å². The number of nitrogens with zero attached hydrogens (tertiary/aromatic N) is 1. The van der Waals surface area contributed by atoms with Gasteiger partial charge in [-0.2, -0.15) is 0 Å². The first-order valence-electron chi connectivity index (χ1n) is 6.84. The summed E-state index contributed by atoms with van der Waals surface area (Å²) >= 11 is 6.09. The van der Waals surface area contributed by atoms with Gasteiger partial charge in [0.25, 0.3) is 5.91 Å². The minimum absolute atomic E-state index is 0.0676. The second-order valence-electron chi connectivity index (χ2n) is 5.23. The van der Waals surface area contributed by atoms with E-state index in [2.05, 4.69) is 4.98 Å². The van der Waals surface area contributed by atoms with Crippen molar-refractivity contribution in [3.63, 3.8) is 0 Å². The van der Waals surface area contributed by atoms with Crippen molar-refractivity contribution >= 4 is 28.4 Å². The average molecular weight is 301 g/mol. The number of nitrogens with one attached hydrogen (secondary N) is 1. The number of aromatic nitrogens is 1. The van der Waals surface area contributed by atoms with Gasteiger partial charge in [0.2, 0.25) is 0 Å². The number of benzene rings is 1. The van der Waals surface area contributed by atoms with Crippen LogP contribution in [0.25, 0.3) is 10.9 Å². The number of rotatable bonds is 1. The zero-order valence-corrected chi connectivity index (χ0v) is 12.0. The summed E-state index contributed by atoms with van der Waals surface area (Å²) in [6, 6.07) is 9.23. The number of furan rings is 1. The molecule has 2 aromatic heterocycles. The van der Waals surface area contributed by atoms with Gasteiger partial charge < -0.3 is 14.3 Å². The van der Waals surface area contributed by atoms with E-state index >= 15 is 0 Å². The molecule has 1 N–H and O–H groups in total. The fraction of sp³-hybridized carbons (Fsp3) is 0.188. The van der Waals surface area contributed by atoms with Crippen LogP contribution in [0, 0.1) is 0 Å². The Morgan fingerprint density at radius 1 is 1.33 bits per heavy atom. The number of carbonyl (C=O) groups is 1. The van der Waals surface area contributed by atoms with Crippen molar-refractivity contribution in [1.82, 2.24) is 9.88 Å². The zero-order valence-electron chi connectivity index (χ0n) is 11.2. The van der Waals surface area contributed by atoms with Crippen LogP contribution in [0.5, 0.6) is 0 Å². The first kappa shape index (κ1) is 12.5. The smallest absolute Gasteiger partial charge is 0.289 e. The summed E-state index contributed by atoms with van der Waals surface area (Å²) in [4.78, 5) is 17.6. The van der Waals surface area contributed by atoms with Gasteiger partial charge in [-0.25, -0.2) is 0 Å². The Labute approximate surface area is 126 Å². The molecule has 1 aliphatic heterocycles. The normalized spacial score (nSPS) is 14.4. The average Bonchev–Trinajstić information content (AvgIpc) is 3.13. The molecule has 4 nitrogen and oxygen atoms in total. The number of amides is 1. The molecule has 106 valence electrons. The van der Waals surface area contributed by atoms with Crippen LogP contribution in [0.3, 0.4) is 0 Å². The van der Waals surface area contributed by atoms with Gasteiger partial charge in [0.1, 0.15) is 0 Å². The third-order valence-electron chi connectivity index (χ3n) is 3.96. The van der Waals surface area contributed by atoms with E-state index in [0.717, 1.165) is 22.9 Å². The van der Waals surface area contributed by atoms with E-state index < -0.39 is 0 Å². The number of aromatic amines is 1. The number of hydrogen-bond donors (Lipinski definition) is 1. The maximum absolute atomic E-state index is 12.4. The fourth-order valence-corrected chi connectivity index (χ4v) is 3.09. The molecular formula is C16H13ClN2O2. The molecule has 1 amide bonds. The lowest BCUT2D eigenvalue weighted by Gasteiger charge is -2.26. The van der Waals surface area contributed by atoms with Crippen molar-refractivity contribution < 1.29 is 9.21 Å². The van der Waals surface area contributed by atoms with Crippen LogP contribution in [-0.4, -0.2) is 22.3 Å². The molecule has 4 rings (SSSR count). The minimum Gasteiger partial charge on any atom is -0.459 e. The Balaban J connectivity index is 1.72. The number of halogens is 1. The molecule has 5 heteroatoms. The van der Waals surface area contributed by atoms with E-state index in [1.54, 1.807) is 12.1 Å². The first-order valence-corrected chi connectivity index (χ1v) is 7.22. The third-order valence-corrected chi connectivity index (χ3v) is 4.19. The van der Waals surface area contributed by atoms with Crippen molar-refractivity contribution in [3.8, 4) is 0 Å². The third kappa shape index (κ3) is 2.03. The van der Waals surface area contributed by atoms with Gasteiger partial charge in [0, 0.05) is 46.7 Å². The Morgan fingerprint density at radius 2 is 2.24 bits per heavy atom.